The molecule has 0 atom stereocenters. The monoisotopic (exact) mass is 397 g/mol. The third-order valence-electron chi connectivity index (χ3n) is 3.77. The van der Waals surface area contributed by atoms with Crippen molar-refractivity contribution >= 4 is 17.5 Å². The third-order valence-corrected chi connectivity index (χ3v) is 3.77. The molecule has 150 valence electrons. The highest BCUT2D eigenvalue weighted by atomic mass is 19.4. The molecule has 2 aromatic rings. The van der Waals surface area contributed by atoms with E-state index in [9.17, 15) is 28.1 Å². The van der Waals surface area contributed by atoms with Crippen molar-refractivity contribution in [3.8, 4) is 0 Å². The lowest BCUT2D eigenvalue weighted by Crippen LogP contribution is -2.15. The lowest BCUT2D eigenvalue weighted by Gasteiger charge is -2.12. The Labute approximate surface area is 158 Å². The van der Waals surface area contributed by atoms with Crippen molar-refractivity contribution in [2.75, 3.05) is 18.5 Å². The third kappa shape index (κ3) is 6.22. The molecule has 1 N–H and O–H groups in total. The molecule has 0 fully saturated rings. The number of carbonyl (C=O) groups excluding carboxylic acids is 1. The van der Waals surface area contributed by atoms with E-state index in [1.165, 1.54) is 24.3 Å². The summed E-state index contributed by atoms with van der Waals surface area (Å²) in [6, 6.07) is 7.34. The van der Waals surface area contributed by atoms with E-state index in [-0.39, 0.29) is 12.3 Å². The van der Waals surface area contributed by atoms with Crippen LogP contribution in [-0.4, -0.2) is 29.0 Å². The molecule has 0 aliphatic heterocycles. The zero-order valence-electron chi connectivity index (χ0n) is 14.7. The minimum Gasteiger partial charge on any atom is -0.462 e. The number of unbranched alkanes of at least 4 members (excludes halogenated alkanes) is 2. The molecular formula is C18H18F3N3O4. The first kappa shape index (κ1) is 21.1. The van der Waals surface area contributed by atoms with Crippen LogP contribution in [0.2, 0.25) is 0 Å². The molecule has 1 heterocycles. The summed E-state index contributed by atoms with van der Waals surface area (Å²) in [5.74, 6) is -0.498. The summed E-state index contributed by atoms with van der Waals surface area (Å²) in [7, 11) is 0. The van der Waals surface area contributed by atoms with E-state index in [0.29, 0.717) is 31.6 Å². The number of pyridine rings is 1. The van der Waals surface area contributed by atoms with Crippen LogP contribution in [0.1, 0.15) is 35.2 Å². The van der Waals surface area contributed by atoms with Crippen molar-refractivity contribution < 1.29 is 27.6 Å². The number of esters is 1. The van der Waals surface area contributed by atoms with E-state index < -0.39 is 28.2 Å². The summed E-state index contributed by atoms with van der Waals surface area (Å²) in [6.07, 6.45) is -1.59. The van der Waals surface area contributed by atoms with Crippen LogP contribution >= 0.6 is 0 Å². The Morgan fingerprint density at radius 1 is 1.14 bits per heavy atom. The molecule has 0 saturated heterocycles. The number of hydrogen-bond donors (Lipinski definition) is 1. The second-order valence-electron chi connectivity index (χ2n) is 5.83. The van der Waals surface area contributed by atoms with Gasteiger partial charge in [0.2, 0.25) is 0 Å². The fourth-order valence-corrected chi connectivity index (χ4v) is 2.37. The van der Waals surface area contributed by atoms with Gasteiger partial charge in [0.1, 0.15) is 12.0 Å². The van der Waals surface area contributed by atoms with Gasteiger partial charge in [0, 0.05) is 12.6 Å². The molecule has 1 aromatic carbocycles. The smallest absolute Gasteiger partial charge is 0.417 e. The normalized spacial score (nSPS) is 11.1. The van der Waals surface area contributed by atoms with Crippen LogP contribution < -0.4 is 5.32 Å². The molecule has 0 saturated carbocycles. The van der Waals surface area contributed by atoms with E-state index in [2.05, 4.69) is 10.3 Å². The maximum Gasteiger partial charge on any atom is 0.417 e. The minimum absolute atomic E-state index is 0.0147. The Bertz CT molecular complexity index is 810. The first-order chi connectivity index (χ1) is 13.3. The van der Waals surface area contributed by atoms with Crippen LogP contribution in [-0.2, 0) is 10.9 Å². The van der Waals surface area contributed by atoms with Gasteiger partial charge in [-0.2, -0.15) is 13.2 Å². The molecule has 0 bridgehead atoms. The Morgan fingerprint density at radius 2 is 1.89 bits per heavy atom. The van der Waals surface area contributed by atoms with E-state index in [0.717, 1.165) is 18.3 Å². The van der Waals surface area contributed by atoms with E-state index >= 15 is 0 Å². The molecule has 0 aliphatic rings. The van der Waals surface area contributed by atoms with Gasteiger partial charge >= 0.3 is 12.1 Å². The van der Waals surface area contributed by atoms with E-state index in [1.807, 2.05) is 0 Å². The highest BCUT2D eigenvalue weighted by molar-refractivity contribution is 5.91. The molecule has 0 radical (unpaired) electrons. The Hall–Kier alpha value is -3.17. The van der Waals surface area contributed by atoms with Crippen LogP contribution in [0.4, 0.5) is 24.7 Å². The van der Waals surface area contributed by atoms with Crippen molar-refractivity contribution in [1.29, 1.82) is 0 Å². The maximum absolute atomic E-state index is 12.9. The van der Waals surface area contributed by atoms with Crippen molar-refractivity contribution in [3.63, 3.8) is 0 Å². The predicted molar refractivity (Wildman–Crippen MR) is 95.0 cm³/mol. The molecule has 10 heteroatoms. The molecule has 0 unspecified atom stereocenters. The summed E-state index contributed by atoms with van der Waals surface area (Å²) in [4.78, 5) is 25.8. The van der Waals surface area contributed by atoms with Crippen LogP contribution in [0.5, 0.6) is 0 Å². The largest absolute Gasteiger partial charge is 0.462 e. The van der Waals surface area contributed by atoms with Gasteiger partial charge in [-0.1, -0.05) is 12.1 Å². The van der Waals surface area contributed by atoms with Crippen LogP contribution in [0, 0.1) is 10.1 Å². The number of hydrogen-bond acceptors (Lipinski definition) is 6. The molecule has 1 aromatic heterocycles. The van der Waals surface area contributed by atoms with Gasteiger partial charge in [0.15, 0.2) is 0 Å². The van der Waals surface area contributed by atoms with E-state index in [4.69, 9.17) is 4.74 Å². The van der Waals surface area contributed by atoms with Crippen molar-refractivity contribution in [2.45, 2.75) is 25.4 Å². The van der Waals surface area contributed by atoms with Gasteiger partial charge in [-0.15, -0.1) is 0 Å². The molecule has 0 spiro atoms. The Balaban J connectivity index is 1.67. The summed E-state index contributed by atoms with van der Waals surface area (Å²) in [5.41, 5.74) is -1.61. The summed E-state index contributed by atoms with van der Waals surface area (Å²) in [5, 5.41) is 13.5. The quantitative estimate of drug-likeness (QED) is 0.291. The van der Waals surface area contributed by atoms with Gasteiger partial charge in [-0.3, -0.25) is 10.1 Å². The van der Waals surface area contributed by atoms with Crippen LogP contribution in [0.25, 0.3) is 0 Å². The summed E-state index contributed by atoms with van der Waals surface area (Å²) < 4.78 is 43.6. The summed E-state index contributed by atoms with van der Waals surface area (Å²) in [6.45, 7) is 0.566. The lowest BCUT2D eigenvalue weighted by molar-refractivity contribution is -0.385. The van der Waals surface area contributed by atoms with Crippen molar-refractivity contribution in [1.82, 2.24) is 4.98 Å². The standard InChI is InChI=1S/C18H18F3N3O4/c19-18(20,21)15-7-3-2-6-14(15)17(25)28-11-5-1-4-10-22-16-9-8-13(12-23-16)24(26)27/h2-3,6-9,12H,1,4-5,10-11H2,(H,22,23). The average Bonchev–Trinajstić information content (AvgIpc) is 2.66. The van der Waals surface area contributed by atoms with E-state index in [1.54, 1.807) is 0 Å². The molecule has 0 aliphatic carbocycles. The van der Waals surface area contributed by atoms with Crippen LogP contribution in [0.15, 0.2) is 42.6 Å². The highest BCUT2D eigenvalue weighted by Gasteiger charge is 2.35. The van der Waals surface area contributed by atoms with Crippen LogP contribution in [0.3, 0.4) is 0 Å². The van der Waals surface area contributed by atoms with Gasteiger partial charge in [0.25, 0.3) is 5.69 Å². The number of halogens is 3. The second kappa shape index (κ2) is 9.67. The maximum atomic E-state index is 12.9. The van der Waals surface area contributed by atoms with Gasteiger partial charge in [0.05, 0.1) is 22.7 Å². The number of ether oxygens (including phenoxy) is 1. The molecule has 0 amide bonds. The fourth-order valence-electron chi connectivity index (χ4n) is 2.37. The number of rotatable bonds is 9. The lowest BCUT2D eigenvalue weighted by atomic mass is 10.1. The van der Waals surface area contributed by atoms with Gasteiger partial charge in [-0.05, 0) is 37.5 Å². The Kier molecular flexibility index (Phi) is 7.30. The molecule has 28 heavy (non-hydrogen) atoms. The number of nitrogens with one attached hydrogen (secondary N) is 1. The minimum atomic E-state index is -4.62. The zero-order valence-corrected chi connectivity index (χ0v) is 14.7. The Morgan fingerprint density at radius 3 is 2.54 bits per heavy atom. The van der Waals surface area contributed by atoms with Crippen molar-refractivity contribution in [3.05, 3.63) is 63.8 Å². The fraction of sp³-hybridized carbons (Fsp3) is 0.333. The predicted octanol–water partition coefficient (Wildman–Crippen LogP) is 4.45. The number of anilines is 1. The highest BCUT2D eigenvalue weighted by Crippen LogP contribution is 2.32. The number of nitro groups is 1. The van der Waals surface area contributed by atoms with Gasteiger partial charge in [-0.25, -0.2) is 9.78 Å². The second-order valence-corrected chi connectivity index (χ2v) is 5.83. The number of benzene rings is 1. The SMILES string of the molecule is O=C(OCCCCCNc1ccc([N+](=O)[O-])cn1)c1ccccc1C(F)(F)F. The first-order valence-corrected chi connectivity index (χ1v) is 8.46. The molecule has 2 rings (SSSR count). The average molecular weight is 397 g/mol. The molecule has 7 nitrogen and oxygen atoms in total. The number of nitrogens with zero attached hydrogens (tertiary/aromatic N) is 2. The summed E-state index contributed by atoms with van der Waals surface area (Å²) >= 11 is 0. The molecular weight excluding hydrogens is 379 g/mol. The number of alkyl halides is 3. The first-order valence-electron chi connectivity index (χ1n) is 8.46. The van der Waals surface area contributed by atoms with Crippen molar-refractivity contribution in [2.24, 2.45) is 0 Å². The number of carbonyl (C=O) groups is 1. The number of aromatic nitrogens is 1. The zero-order chi connectivity index (χ0) is 20.6. The topological polar surface area (TPSA) is 94.4 Å². The van der Waals surface area contributed by atoms with Gasteiger partial charge < -0.3 is 10.1 Å².